The highest BCUT2D eigenvalue weighted by Gasteiger charge is 2.22. The zero-order chi connectivity index (χ0) is 14.7. The summed E-state index contributed by atoms with van der Waals surface area (Å²) in [6.07, 6.45) is 0.936. The SMILES string of the molecule is COCC(O)CN(C)c1nc2ccccn2c1C(=O)O. The Labute approximate surface area is 116 Å². The number of carboxylic acid groups (broad SMARTS) is 1. The number of hydrogen-bond donors (Lipinski definition) is 2. The molecule has 0 aliphatic heterocycles. The second-order valence-corrected chi connectivity index (χ2v) is 4.51. The van der Waals surface area contributed by atoms with Gasteiger partial charge in [-0.25, -0.2) is 9.78 Å². The number of nitrogens with zero attached hydrogens (tertiary/aromatic N) is 3. The first kappa shape index (κ1) is 14.3. The third-order valence-electron chi connectivity index (χ3n) is 2.92. The molecule has 7 heteroatoms. The topological polar surface area (TPSA) is 87.3 Å². The summed E-state index contributed by atoms with van der Waals surface area (Å²) in [7, 11) is 3.18. The number of aromatic carboxylic acids is 1. The lowest BCUT2D eigenvalue weighted by molar-refractivity contribution is 0.0676. The van der Waals surface area contributed by atoms with Crippen molar-refractivity contribution in [3.05, 3.63) is 30.1 Å². The van der Waals surface area contributed by atoms with Crippen molar-refractivity contribution in [2.45, 2.75) is 6.10 Å². The van der Waals surface area contributed by atoms with Gasteiger partial charge in [0.15, 0.2) is 11.5 Å². The summed E-state index contributed by atoms with van der Waals surface area (Å²) >= 11 is 0. The average Bonchev–Trinajstić information content (AvgIpc) is 2.78. The van der Waals surface area contributed by atoms with Crippen LogP contribution < -0.4 is 4.90 Å². The van der Waals surface area contributed by atoms with Crippen LogP contribution in [0.2, 0.25) is 0 Å². The molecule has 2 aromatic rings. The van der Waals surface area contributed by atoms with Gasteiger partial charge in [-0.05, 0) is 12.1 Å². The summed E-state index contributed by atoms with van der Waals surface area (Å²) in [6.45, 7) is 0.415. The molecule has 0 amide bonds. The predicted molar refractivity (Wildman–Crippen MR) is 73.3 cm³/mol. The number of hydrogen-bond acceptors (Lipinski definition) is 5. The smallest absolute Gasteiger partial charge is 0.356 e. The number of aliphatic hydroxyl groups is 1. The minimum Gasteiger partial charge on any atom is -0.476 e. The molecule has 2 heterocycles. The van der Waals surface area contributed by atoms with Gasteiger partial charge in [0.2, 0.25) is 0 Å². The molecule has 0 aliphatic rings. The molecule has 2 N–H and O–H groups in total. The molecule has 1 unspecified atom stereocenters. The molecule has 7 nitrogen and oxygen atoms in total. The molecule has 0 saturated carbocycles. The van der Waals surface area contributed by atoms with E-state index in [1.165, 1.54) is 11.5 Å². The van der Waals surface area contributed by atoms with Crippen LogP contribution in [-0.2, 0) is 4.74 Å². The highest BCUT2D eigenvalue weighted by Crippen LogP contribution is 2.21. The van der Waals surface area contributed by atoms with Crippen molar-refractivity contribution in [2.24, 2.45) is 0 Å². The number of likely N-dealkylation sites (N-methyl/N-ethyl adjacent to an activating group) is 1. The number of anilines is 1. The fourth-order valence-electron chi connectivity index (χ4n) is 2.10. The van der Waals surface area contributed by atoms with Gasteiger partial charge in [-0.3, -0.25) is 4.40 Å². The molecule has 0 fully saturated rings. The van der Waals surface area contributed by atoms with E-state index in [9.17, 15) is 15.0 Å². The van der Waals surface area contributed by atoms with Gasteiger partial charge in [-0.2, -0.15) is 0 Å². The summed E-state index contributed by atoms with van der Waals surface area (Å²) < 4.78 is 6.37. The molecule has 0 aliphatic carbocycles. The zero-order valence-electron chi connectivity index (χ0n) is 11.4. The fraction of sp³-hybridized carbons (Fsp3) is 0.385. The van der Waals surface area contributed by atoms with Crippen LogP contribution in [-0.4, -0.2) is 59.0 Å². The van der Waals surface area contributed by atoms with Crippen LogP contribution in [0.25, 0.3) is 5.65 Å². The van der Waals surface area contributed by atoms with Crippen molar-refractivity contribution in [2.75, 3.05) is 32.2 Å². The molecule has 2 aromatic heterocycles. The van der Waals surface area contributed by atoms with Gasteiger partial charge >= 0.3 is 5.97 Å². The number of carbonyl (C=O) groups is 1. The van der Waals surface area contributed by atoms with Crippen molar-refractivity contribution in [1.29, 1.82) is 0 Å². The van der Waals surface area contributed by atoms with Crippen molar-refractivity contribution in [1.82, 2.24) is 9.38 Å². The van der Waals surface area contributed by atoms with Gasteiger partial charge in [0.05, 0.1) is 12.7 Å². The Morgan fingerprint density at radius 3 is 2.95 bits per heavy atom. The average molecular weight is 279 g/mol. The van der Waals surface area contributed by atoms with E-state index in [2.05, 4.69) is 4.98 Å². The molecule has 0 saturated heterocycles. The highest BCUT2D eigenvalue weighted by molar-refractivity contribution is 5.93. The van der Waals surface area contributed by atoms with Crippen molar-refractivity contribution in [3.63, 3.8) is 0 Å². The van der Waals surface area contributed by atoms with Gasteiger partial charge in [0.1, 0.15) is 5.65 Å². The maximum Gasteiger partial charge on any atom is 0.356 e. The Morgan fingerprint density at radius 2 is 2.30 bits per heavy atom. The first-order valence-corrected chi connectivity index (χ1v) is 6.13. The molecule has 1 atom stereocenters. The normalized spacial score (nSPS) is 12.6. The number of pyridine rings is 1. The minimum atomic E-state index is -1.06. The van der Waals surface area contributed by atoms with E-state index in [-0.39, 0.29) is 18.8 Å². The highest BCUT2D eigenvalue weighted by atomic mass is 16.5. The number of fused-ring (bicyclic) bond motifs is 1. The minimum absolute atomic E-state index is 0.0766. The lowest BCUT2D eigenvalue weighted by Crippen LogP contribution is -2.33. The number of carboxylic acids is 1. The second-order valence-electron chi connectivity index (χ2n) is 4.51. The standard InChI is InChI=1S/C13H17N3O4/c1-15(7-9(17)8-20-2)12-11(13(18)19)16-6-4-3-5-10(16)14-12/h3-6,9,17H,7-8H2,1-2H3,(H,18,19). The van der Waals surface area contributed by atoms with Crippen LogP contribution in [0.15, 0.2) is 24.4 Å². The van der Waals surface area contributed by atoms with Crippen molar-refractivity contribution >= 4 is 17.4 Å². The lowest BCUT2D eigenvalue weighted by atomic mass is 10.3. The van der Waals surface area contributed by atoms with Crippen LogP contribution in [0, 0.1) is 0 Å². The Balaban J connectivity index is 2.37. The Hall–Kier alpha value is -2.12. The van der Waals surface area contributed by atoms with E-state index in [0.717, 1.165) is 0 Å². The summed E-state index contributed by atoms with van der Waals surface area (Å²) in [5, 5.41) is 19.1. The van der Waals surface area contributed by atoms with Gasteiger partial charge in [0, 0.05) is 26.9 Å². The third-order valence-corrected chi connectivity index (χ3v) is 2.92. The monoisotopic (exact) mass is 279 g/mol. The van der Waals surface area contributed by atoms with Crippen molar-refractivity contribution in [3.8, 4) is 0 Å². The van der Waals surface area contributed by atoms with Crippen LogP contribution in [0.4, 0.5) is 5.82 Å². The molecule has 2 rings (SSSR count). The van der Waals surface area contributed by atoms with Crippen LogP contribution in [0.1, 0.15) is 10.5 Å². The molecule has 0 spiro atoms. The molecule has 108 valence electrons. The first-order valence-electron chi connectivity index (χ1n) is 6.13. The van der Waals surface area contributed by atoms with E-state index in [4.69, 9.17) is 4.74 Å². The van der Waals surface area contributed by atoms with Gasteiger partial charge < -0.3 is 19.8 Å². The predicted octanol–water partition coefficient (Wildman–Crippen LogP) is 0.476. The maximum atomic E-state index is 11.4. The van der Waals surface area contributed by atoms with Gasteiger partial charge in [0.25, 0.3) is 0 Å². The lowest BCUT2D eigenvalue weighted by Gasteiger charge is -2.20. The number of ether oxygens (including phenoxy) is 1. The quantitative estimate of drug-likeness (QED) is 0.799. The maximum absolute atomic E-state index is 11.4. The summed E-state index contributed by atoms with van der Waals surface area (Å²) in [5.41, 5.74) is 0.626. The van der Waals surface area contributed by atoms with E-state index in [1.807, 2.05) is 0 Å². The van der Waals surface area contributed by atoms with E-state index < -0.39 is 12.1 Å². The molecular formula is C13H17N3O4. The summed E-state index contributed by atoms with van der Waals surface area (Å²) in [4.78, 5) is 17.4. The molecular weight excluding hydrogens is 262 g/mol. The largest absolute Gasteiger partial charge is 0.476 e. The summed E-state index contributed by atoms with van der Waals surface area (Å²) in [6, 6.07) is 5.26. The zero-order valence-corrected chi connectivity index (χ0v) is 11.4. The molecule has 0 bridgehead atoms. The molecule has 0 radical (unpaired) electrons. The van der Waals surface area contributed by atoms with E-state index >= 15 is 0 Å². The third kappa shape index (κ3) is 2.73. The van der Waals surface area contributed by atoms with Gasteiger partial charge in [-0.1, -0.05) is 6.07 Å². The number of imidazole rings is 1. The van der Waals surface area contributed by atoms with E-state index in [0.29, 0.717) is 11.5 Å². The van der Waals surface area contributed by atoms with Crippen LogP contribution >= 0.6 is 0 Å². The fourth-order valence-corrected chi connectivity index (χ4v) is 2.10. The molecule has 0 aromatic carbocycles. The second kappa shape index (κ2) is 5.89. The number of aromatic nitrogens is 2. The number of aliphatic hydroxyl groups excluding tert-OH is 1. The summed E-state index contributed by atoms with van der Waals surface area (Å²) in [5.74, 6) is -0.745. The first-order chi connectivity index (χ1) is 9.54. The van der Waals surface area contributed by atoms with Crippen LogP contribution in [0.3, 0.4) is 0 Å². The number of methoxy groups -OCH3 is 1. The van der Waals surface area contributed by atoms with Gasteiger partial charge in [-0.15, -0.1) is 0 Å². The van der Waals surface area contributed by atoms with E-state index in [1.54, 1.807) is 36.3 Å². The molecule has 20 heavy (non-hydrogen) atoms. The Bertz CT molecular complexity index is 611. The Kier molecular flexibility index (Phi) is 4.21. The van der Waals surface area contributed by atoms with Crippen LogP contribution in [0.5, 0.6) is 0 Å². The van der Waals surface area contributed by atoms with Crippen molar-refractivity contribution < 1.29 is 19.7 Å². The Morgan fingerprint density at radius 1 is 1.55 bits per heavy atom. The number of rotatable bonds is 6.